The zero-order valence-corrected chi connectivity index (χ0v) is 30.0. The van der Waals surface area contributed by atoms with Crippen molar-refractivity contribution < 1.29 is 19.7 Å². The molecule has 260 valence electrons. The predicted octanol–water partition coefficient (Wildman–Crippen LogP) is 9.61. The molecule has 0 saturated heterocycles. The van der Waals surface area contributed by atoms with Crippen molar-refractivity contribution >= 4 is 88.6 Å². The number of hydrogen-bond donors (Lipinski definition) is 3. The maximum absolute atomic E-state index is 11.1. The lowest BCUT2D eigenvalue weighted by molar-refractivity contribution is 0.401. The van der Waals surface area contributed by atoms with E-state index in [9.17, 15) is 15.3 Å². The highest BCUT2D eigenvalue weighted by Crippen LogP contribution is 2.44. The lowest BCUT2D eigenvalue weighted by Crippen LogP contribution is -2.05. The number of rotatable bonds is 4. The normalized spacial score (nSPS) is 11.9. The third-order valence-electron chi connectivity index (χ3n) is 10.5. The highest BCUT2D eigenvalue weighted by Gasteiger charge is 2.23. The average molecular weight is 731 g/mol. The van der Waals surface area contributed by atoms with Crippen LogP contribution in [0.4, 0.5) is 0 Å². The Hall–Kier alpha value is -7.17. The van der Waals surface area contributed by atoms with Crippen LogP contribution in [-0.4, -0.2) is 42.7 Å². The van der Waals surface area contributed by atoms with Crippen molar-refractivity contribution in [2.24, 2.45) is 0 Å². The molecular formula is C45H27BN4O4S. The molecule has 4 aromatic heterocycles. The van der Waals surface area contributed by atoms with Crippen molar-refractivity contribution in [3.05, 3.63) is 133 Å². The van der Waals surface area contributed by atoms with Gasteiger partial charge in [-0.2, -0.15) is 0 Å². The van der Waals surface area contributed by atoms with Crippen LogP contribution in [-0.2, 0) is 0 Å². The number of hydrogen-bond acceptors (Lipinski definition) is 8. The van der Waals surface area contributed by atoms with Gasteiger partial charge in [0.05, 0.1) is 11.0 Å². The van der Waals surface area contributed by atoms with E-state index in [0.29, 0.717) is 28.3 Å². The van der Waals surface area contributed by atoms with Crippen LogP contribution in [0.5, 0.6) is 17.2 Å². The number of furan rings is 1. The summed E-state index contributed by atoms with van der Waals surface area (Å²) >= 11 is 1.65. The summed E-state index contributed by atoms with van der Waals surface area (Å²) in [6.07, 6.45) is 0. The van der Waals surface area contributed by atoms with E-state index in [2.05, 4.69) is 83.4 Å². The van der Waals surface area contributed by atoms with Gasteiger partial charge in [-0.3, -0.25) is 0 Å². The summed E-state index contributed by atoms with van der Waals surface area (Å²) in [5.41, 5.74) is 6.35. The van der Waals surface area contributed by atoms with Crippen molar-refractivity contribution in [1.29, 1.82) is 0 Å². The number of benzene rings is 7. The van der Waals surface area contributed by atoms with E-state index in [-0.39, 0.29) is 22.9 Å². The van der Waals surface area contributed by atoms with Crippen molar-refractivity contribution in [1.82, 2.24) is 19.5 Å². The van der Waals surface area contributed by atoms with Gasteiger partial charge in [0.15, 0.2) is 29.0 Å². The van der Waals surface area contributed by atoms with Crippen LogP contribution < -0.4 is 5.46 Å². The quantitative estimate of drug-likeness (QED) is 0.0938. The molecule has 0 atom stereocenters. The second-order valence-corrected chi connectivity index (χ2v) is 14.8. The monoisotopic (exact) mass is 730 g/mol. The molecule has 11 aromatic rings. The highest BCUT2D eigenvalue weighted by atomic mass is 32.1. The van der Waals surface area contributed by atoms with Gasteiger partial charge in [0.25, 0.3) is 0 Å². The number of aromatic nitrogens is 4. The van der Waals surface area contributed by atoms with Crippen LogP contribution in [0.1, 0.15) is 0 Å². The van der Waals surface area contributed by atoms with Gasteiger partial charge in [0.1, 0.15) is 30.3 Å². The fraction of sp³-hybridized carbons (Fsp3) is 0. The zero-order chi connectivity index (χ0) is 36.9. The highest BCUT2D eigenvalue weighted by molar-refractivity contribution is 7.26. The van der Waals surface area contributed by atoms with Crippen LogP contribution in [0.2, 0.25) is 0 Å². The summed E-state index contributed by atoms with van der Waals surface area (Å²) in [7, 11) is 1.60. The van der Waals surface area contributed by atoms with Crippen LogP contribution in [0.25, 0.3) is 104 Å². The molecule has 0 unspecified atom stereocenters. The van der Waals surface area contributed by atoms with E-state index >= 15 is 0 Å². The first-order valence-electron chi connectivity index (χ1n) is 17.8. The van der Waals surface area contributed by atoms with Crippen LogP contribution >= 0.6 is 11.3 Å². The Balaban J connectivity index is 1.10. The lowest BCUT2D eigenvalue weighted by Gasteiger charge is -2.13. The summed E-state index contributed by atoms with van der Waals surface area (Å²) in [4.78, 5) is 14.6. The fourth-order valence-corrected chi connectivity index (χ4v) is 9.11. The van der Waals surface area contributed by atoms with Crippen LogP contribution in [0.15, 0.2) is 138 Å². The standard InChI is InChI=1S/C45H27BN4O4S/c46-32-22-35(51)39(41(53)40(32)52)45-48-43(47-44(49-45)30-12-7-11-29-28-10-3-6-15-38(28)55-42(29)30)23-16-18-27-31-21-24(17-19-36(31)54-37(27)20-23)50-33-13-4-1-8-25(33)26-9-2-5-14-34(26)50/h1-22,51-53H,46H2. The molecule has 7 aromatic carbocycles. The predicted molar refractivity (Wildman–Crippen MR) is 224 cm³/mol. The van der Waals surface area contributed by atoms with Crippen molar-refractivity contribution in [2.45, 2.75) is 0 Å². The van der Waals surface area contributed by atoms with E-state index < -0.39 is 5.75 Å². The summed E-state index contributed by atoms with van der Waals surface area (Å²) < 4.78 is 10.9. The van der Waals surface area contributed by atoms with Gasteiger partial charge in [0, 0.05) is 58.5 Å². The molecule has 0 spiro atoms. The molecule has 0 aliphatic heterocycles. The Bertz CT molecular complexity index is 3350. The second-order valence-electron chi connectivity index (χ2n) is 13.7. The molecule has 0 aliphatic rings. The molecule has 0 aliphatic carbocycles. The molecule has 0 amide bonds. The molecule has 0 bridgehead atoms. The molecular weight excluding hydrogens is 703 g/mol. The largest absolute Gasteiger partial charge is 0.507 e. The smallest absolute Gasteiger partial charge is 0.171 e. The van der Waals surface area contributed by atoms with Gasteiger partial charge in [0.2, 0.25) is 0 Å². The van der Waals surface area contributed by atoms with Crippen molar-refractivity contribution in [2.75, 3.05) is 0 Å². The van der Waals surface area contributed by atoms with Gasteiger partial charge in [-0.15, -0.1) is 11.3 Å². The molecule has 8 nitrogen and oxygen atoms in total. The summed E-state index contributed by atoms with van der Waals surface area (Å²) in [5, 5.41) is 39.4. The Labute approximate surface area is 317 Å². The minimum Gasteiger partial charge on any atom is -0.507 e. The second kappa shape index (κ2) is 11.7. The molecule has 0 fully saturated rings. The first-order valence-corrected chi connectivity index (χ1v) is 18.6. The third kappa shape index (κ3) is 4.68. The third-order valence-corrected chi connectivity index (χ3v) is 11.7. The summed E-state index contributed by atoms with van der Waals surface area (Å²) in [5.74, 6) is -0.437. The van der Waals surface area contributed by atoms with Gasteiger partial charge < -0.3 is 24.3 Å². The van der Waals surface area contributed by atoms with E-state index in [0.717, 1.165) is 58.8 Å². The number of aromatic hydroxyl groups is 3. The number of thiophene rings is 1. The maximum Gasteiger partial charge on any atom is 0.171 e. The van der Waals surface area contributed by atoms with E-state index in [1.54, 1.807) is 19.2 Å². The summed E-state index contributed by atoms with van der Waals surface area (Å²) in [6.45, 7) is 0. The van der Waals surface area contributed by atoms with E-state index in [1.165, 1.54) is 16.8 Å². The zero-order valence-electron chi connectivity index (χ0n) is 29.1. The van der Waals surface area contributed by atoms with Gasteiger partial charge in [-0.25, -0.2) is 15.0 Å². The fourth-order valence-electron chi connectivity index (χ4n) is 7.90. The van der Waals surface area contributed by atoms with Crippen molar-refractivity contribution in [3.63, 3.8) is 0 Å². The van der Waals surface area contributed by atoms with Gasteiger partial charge >= 0.3 is 0 Å². The summed E-state index contributed by atoms with van der Waals surface area (Å²) in [6, 6.07) is 44.6. The molecule has 0 radical (unpaired) electrons. The Morgan fingerprint density at radius 1 is 0.545 bits per heavy atom. The Morgan fingerprint density at radius 2 is 1.24 bits per heavy atom. The first kappa shape index (κ1) is 31.4. The van der Waals surface area contributed by atoms with Crippen LogP contribution in [0, 0.1) is 0 Å². The SMILES string of the molecule is Bc1cc(O)c(-c2nc(-c3ccc4c(c3)oc3ccc(-n5c6ccccc6c6ccccc65)cc34)nc(-c3cccc4c3sc3ccccc34)n2)c(O)c1O. The van der Waals surface area contributed by atoms with Crippen molar-refractivity contribution in [3.8, 4) is 57.1 Å². The van der Waals surface area contributed by atoms with Gasteiger partial charge in [-0.05, 0) is 66.1 Å². The molecule has 55 heavy (non-hydrogen) atoms. The lowest BCUT2D eigenvalue weighted by atomic mass is 9.92. The van der Waals surface area contributed by atoms with Gasteiger partial charge in [-0.1, -0.05) is 72.8 Å². The average Bonchev–Trinajstić information content (AvgIpc) is 3.89. The molecule has 0 saturated carbocycles. The topological polar surface area (TPSA) is 117 Å². The molecule has 4 heterocycles. The minimum atomic E-state index is -0.507. The Kier molecular flexibility index (Phi) is 6.65. The number of fused-ring (bicyclic) bond motifs is 9. The minimum absolute atomic E-state index is 0.0175. The number of nitrogens with zero attached hydrogens (tertiary/aromatic N) is 4. The maximum atomic E-state index is 11.1. The first-order chi connectivity index (χ1) is 26.9. The number of phenols is 3. The Morgan fingerprint density at radius 3 is 2.04 bits per heavy atom. The van der Waals surface area contributed by atoms with E-state index in [4.69, 9.17) is 19.4 Å². The number of para-hydroxylation sites is 2. The van der Waals surface area contributed by atoms with E-state index in [1.807, 2.05) is 48.5 Å². The molecule has 10 heteroatoms. The molecule has 3 N–H and O–H groups in total. The van der Waals surface area contributed by atoms with Crippen LogP contribution in [0.3, 0.4) is 0 Å². The molecule has 11 rings (SSSR count). The number of phenolic OH excluding ortho intramolecular Hbond substituents is 3.